The number of nitrogens with zero attached hydrogens (tertiary/aromatic N) is 1. The minimum Gasteiger partial charge on any atom is -0.306 e. The van der Waals surface area contributed by atoms with Gasteiger partial charge in [0, 0.05) is 32.3 Å². The van der Waals surface area contributed by atoms with E-state index in [0.717, 1.165) is 21.8 Å². The minimum atomic E-state index is 0.118. The van der Waals surface area contributed by atoms with E-state index in [0.29, 0.717) is 0 Å². The fraction of sp³-hybridized carbons (Fsp3) is 0. The molecule has 0 saturated heterocycles. The first-order chi connectivity index (χ1) is 17.3. The van der Waals surface area contributed by atoms with E-state index in [1.807, 2.05) is 12.1 Å². The molecule has 160 valence electrons. The molecule has 0 aliphatic carbocycles. The summed E-state index contributed by atoms with van der Waals surface area (Å²) in [7, 11) is 0. The Morgan fingerprint density at radius 3 is 1.57 bits per heavy atom. The third kappa shape index (κ3) is 1.97. The van der Waals surface area contributed by atoms with E-state index >= 15 is 0 Å². The summed E-state index contributed by atoms with van der Waals surface area (Å²) in [5.74, 6) is 0. The molecule has 2 nitrogen and oxygen atoms in total. The Bertz CT molecular complexity index is 2190. The second-order valence-electron chi connectivity index (χ2n) is 9.68. The number of hydrogen-bond acceptors (Lipinski definition) is 1. The van der Waals surface area contributed by atoms with Crippen LogP contribution in [0.4, 0.5) is 0 Å². The van der Waals surface area contributed by atoms with Gasteiger partial charge in [0.25, 0.3) is 0 Å². The van der Waals surface area contributed by atoms with E-state index in [2.05, 4.69) is 95.4 Å². The van der Waals surface area contributed by atoms with Gasteiger partial charge in [-0.2, -0.15) is 0 Å². The summed E-state index contributed by atoms with van der Waals surface area (Å²) >= 11 is 0. The van der Waals surface area contributed by atoms with Crippen LogP contribution in [-0.4, -0.2) is 4.40 Å². The van der Waals surface area contributed by atoms with Crippen molar-refractivity contribution in [3.05, 3.63) is 113 Å². The normalized spacial score (nSPS) is 12.7. The summed E-state index contributed by atoms with van der Waals surface area (Å²) in [5.41, 5.74) is 5.81. The predicted molar refractivity (Wildman–Crippen MR) is 148 cm³/mol. The molecule has 3 aromatic heterocycles. The second-order valence-corrected chi connectivity index (χ2v) is 9.68. The fourth-order valence-electron chi connectivity index (χ4n) is 6.56. The van der Waals surface area contributed by atoms with Crippen LogP contribution in [0, 0.1) is 0 Å². The highest BCUT2D eigenvalue weighted by molar-refractivity contribution is 6.33. The van der Waals surface area contributed by atoms with Crippen LogP contribution in [0.2, 0.25) is 0 Å². The number of rotatable bonds is 1. The van der Waals surface area contributed by atoms with Crippen molar-refractivity contribution in [1.29, 1.82) is 0 Å². The average molecular weight is 444 g/mol. The number of benzene rings is 6. The molecule has 35 heavy (non-hydrogen) atoms. The van der Waals surface area contributed by atoms with Crippen molar-refractivity contribution in [3.8, 4) is 11.1 Å². The van der Waals surface area contributed by atoms with E-state index in [1.54, 1.807) is 0 Å². The summed E-state index contributed by atoms with van der Waals surface area (Å²) < 4.78 is 2.40. The zero-order valence-electron chi connectivity index (χ0n) is 18.7. The highest BCUT2D eigenvalue weighted by atomic mass is 16.1. The van der Waals surface area contributed by atoms with E-state index in [-0.39, 0.29) is 5.43 Å². The molecule has 0 N–H and O–H groups in total. The molecule has 2 heteroatoms. The van der Waals surface area contributed by atoms with E-state index < -0.39 is 0 Å². The van der Waals surface area contributed by atoms with Crippen LogP contribution in [-0.2, 0) is 0 Å². The lowest BCUT2D eigenvalue weighted by Crippen LogP contribution is -2.11. The van der Waals surface area contributed by atoms with E-state index in [9.17, 15) is 4.79 Å². The van der Waals surface area contributed by atoms with Gasteiger partial charge in [0.05, 0.1) is 16.6 Å². The topological polar surface area (TPSA) is 21.5 Å². The van der Waals surface area contributed by atoms with Gasteiger partial charge < -0.3 is 4.40 Å². The van der Waals surface area contributed by atoms with Gasteiger partial charge in [-0.05, 0) is 56.9 Å². The molecule has 3 heterocycles. The number of aromatic nitrogens is 1. The van der Waals surface area contributed by atoms with Gasteiger partial charge in [0.2, 0.25) is 0 Å². The summed E-state index contributed by atoms with van der Waals surface area (Å²) in [5, 5.41) is 11.1. The molecule has 9 aromatic rings. The maximum absolute atomic E-state index is 13.8. The summed E-state index contributed by atoms with van der Waals surface area (Å²) in [4.78, 5) is 13.8. The SMILES string of the molecule is O=c1c2ccc3cccc4c5cc(-c6ccccc6)cc6c7cccc8ccc1c(c87)n(c56)c2c34. The van der Waals surface area contributed by atoms with E-state index in [4.69, 9.17) is 0 Å². The Labute approximate surface area is 199 Å². The third-order valence-electron chi connectivity index (χ3n) is 7.99. The number of pyridine rings is 3. The molecule has 0 aliphatic heterocycles. The molecule has 0 saturated carbocycles. The van der Waals surface area contributed by atoms with Gasteiger partial charge >= 0.3 is 0 Å². The van der Waals surface area contributed by atoms with Crippen LogP contribution < -0.4 is 5.43 Å². The Morgan fingerprint density at radius 2 is 1.00 bits per heavy atom. The Kier molecular flexibility index (Phi) is 2.97. The summed E-state index contributed by atoms with van der Waals surface area (Å²) in [6, 6.07) is 36.5. The largest absolute Gasteiger partial charge is 0.306 e. The van der Waals surface area contributed by atoms with Crippen LogP contribution in [0.15, 0.2) is 108 Å². The minimum absolute atomic E-state index is 0.118. The van der Waals surface area contributed by atoms with Crippen molar-refractivity contribution in [1.82, 2.24) is 4.40 Å². The molecule has 6 aromatic carbocycles. The van der Waals surface area contributed by atoms with Gasteiger partial charge in [0.1, 0.15) is 0 Å². The van der Waals surface area contributed by atoms with Gasteiger partial charge in [-0.25, -0.2) is 0 Å². The average Bonchev–Trinajstić information content (AvgIpc) is 2.92. The molecule has 9 rings (SSSR count). The molecule has 0 unspecified atom stereocenters. The van der Waals surface area contributed by atoms with Crippen LogP contribution >= 0.6 is 0 Å². The van der Waals surface area contributed by atoms with Crippen molar-refractivity contribution >= 4 is 70.4 Å². The molecule has 0 spiro atoms. The molecule has 0 fully saturated rings. The van der Waals surface area contributed by atoms with Crippen molar-refractivity contribution < 1.29 is 0 Å². The lowest BCUT2D eigenvalue weighted by molar-refractivity contribution is 1.34. The molecule has 0 aliphatic rings. The van der Waals surface area contributed by atoms with Crippen LogP contribution in [0.1, 0.15) is 0 Å². The van der Waals surface area contributed by atoms with E-state index in [1.165, 1.54) is 59.7 Å². The Balaban J connectivity index is 1.74. The van der Waals surface area contributed by atoms with Crippen molar-refractivity contribution in [2.45, 2.75) is 0 Å². The standard InChI is InChI=1S/C33H17NO/c35-33-24-14-12-19-8-4-10-22-26-16-21(18-6-2-1-3-7-18)17-27-23-11-5-9-20-13-15-25(33)32(29(20)23)34(30(26)27)31(24)28(19)22/h1-17H. The highest BCUT2D eigenvalue weighted by Crippen LogP contribution is 2.45. The number of hydrogen-bond donors (Lipinski definition) is 0. The van der Waals surface area contributed by atoms with Gasteiger partial charge in [-0.1, -0.05) is 78.9 Å². The molecular formula is C33H17NO. The van der Waals surface area contributed by atoms with Crippen molar-refractivity contribution in [3.63, 3.8) is 0 Å². The van der Waals surface area contributed by atoms with Gasteiger partial charge in [-0.3, -0.25) is 4.79 Å². The molecule has 0 amide bonds. The second kappa shape index (κ2) is 5.86. The predicted octanol–water partition coefficient (Wildman–Crippen LogP) is 8.20. The van der Waals surface area contributed by atoms with Crippen LogP contribution in [0.5, 0.6) is 0 Å². The third-order valence-corrected chi connectivity index (χ3v) is 7.99. The molecule has 0 radical (unpaired) electrons. The zero-order chi connectivity index (χ0) is 22.8. The Morgan fingerprint density at radius 1 is 0.429 bits per heavy atom. The van der Waals surface area contributed by atoms with Crippen molar-refractivity contribution in [2.24, 2.45) is 0 Å². The first-order valence-electron chi connectivity index (χ1n) is 12.0. The van der Waals surface area contributed by atoms with Gasteiger partial charge in [0.15, 0.2) is 5.43 Å². The van der Waals surface area contributed by atoms with Crippen molar-refractivity contribution in [2.75, 3.05) is 0 Å². The Hall–Kier alpha value is -4.69. The van der Waals surface area contributed by atoms with Gasteiger partial charge in [-0.15, -0.1) is 0 Å². The monoisotopic (exact) mass is 443 g/mol. The smallest absolute Gasteiger partial charge is 0.197 e. The maximum Gasteiger partial charge on any atom is 0.197 e. The molecule has 0 atom stereocenters. The zero-order valence-corrected chi connectivity index (χ0v) is 18.7. The summed E-state index contributed by atoms with van der Waals surface area (Å²) in [6.07, 6.45) is 0. The highest BCUT2D eigenvalue weighted by Gasteiger charge is 2.23. The lowest BCUT2D eigenvalue weighted by atomic mass is 9.89. The number of fused-ring (bicyclic) bond motifs is 2. The molecule has 0 bridgehead atoms. The summed E-state index contributed by atoms with van der Waals surface area (Å²) in [6.45, 7) is 0. The first-order valence-corrected chi connectivity index (χ1v) is 12.0. The molecular weight excluding hydrogens is 426 g/mol. The van der Waals surface area contributed by atoms with Crippen LogP contribution in [0.25, 0.3) is 81.5 Å². The quantitative estimate of drug-likeness (QED) is 0.185. The first kappa shape index (κ1) is 17.7. The lowest BCUT2D eigenvalue weighted by Gasteiger charge is -2.23. The fourth-order valence-corrected chi connectivity index (χ4v) is 6.56. The van der Waals surface area contributed by atoms with Crippen LogP contribution in [0.3, 0.4) is 0 Å². The maximum atomic E-state index is 13.8.